The molecule has 100 valence electrons. The van der Waals surface area contributed by atoms with Gasteiger partial charge in [-0.1, -0.05) is 0 Å². The molecule has 0 saturated heterocycles. The molecule has 0 bridgehead atoms. The van der Waals surface area contributed by atoms with E-state index in [4.69, 9.17) is 10.00 Å². The fourth-order valence-corrected chi connectivity index (χ4v) is 1.70. The fourth-order valence-electron chi connectivity index (χ4n) is 1.40. The van der Waals surface area contributed by atoms with Gasteiger partial charge in [-0.25, -0.2) is 9.37 Å². The molecular formula is C12H5BrFN3O3. The van der Waals surface area contributed by atoms with Crippen molar-refractivity contribution in [1.82, 2.24) is 4.98 Å². The zero-order valence-corrected chi connectivity index (χ0v) is 11.3. The molecule has 1 aromatic heterocycles. The van der Waals surface area contributed by atoms with Crippen molar-refractivity contribution in [2.45, 2.75) is 0 Å². The van der Waals surface area contributed by atoms with Gasteiger partial charge in [0.2, 0.25) is 5.75 Å². The van der Waals surface area contributed by atoms with Crippen LogP contribution in [0.15, 0.2) is 34.9 Å². The smallest absolute Gasteiger partial charge is 0.312 e. The van der Waals surface area contributed by atoms with Crippen LogP contribution in [0.25, 0.3) is 0 Å². The lowest BCUT2D eigenvalue weighted by Crippen LogP contribution is -1.97. The molecule has 0 amide bonds. The Bertz CT molecular complexity index is 730. The minimum atomic E-state index is -0.766. The molecule has 2 rings (SSSR count). The van der Waals surface area contributed by atoms with Crippen LogP contribution in [0.5, 0.6) is 11.6 Å². The van der Waals surface area contributed by atoms with Gasteiger partial charge >= 0.3 is 5.69 Å². The van der Waals surface area contributed by atoms with Gasteiger partial charge in [-0.3, -0.25) is 10.1 Å². The Morgan fingerprint density at radius 3 is 2.80 bits per heavy atom. The van der Waals surface area contributed by atoms with Crippen molar-refractivity contribution in [2.75, 3.05) is 0 Å². The van der Waals surface area contributed by atoms with E-state index in [1.807, 2.05) is 0 Å². The fraction of sp³-hybridized carbons (Fsp3) is 0. The highest BCUT2D eigenvalue weighted by molar-refractivity contribution is 9.10. The summed E-state index contributed by atoms with van der Waals surface area (Å²) in [7, 11) is 0. The number of halogens is 2. The second kappa shape index (κ2) is 5.63. The lowest BCUT2D eigenvalue weighted by molar-refractivity contribution is -0.385. The third-order valence-corrected chi connectivity index (χ3v) is 2.70. The maximum absolute atomic E-state index is 13.6. The van der Waals surface area contributed by atoms with Crippen molar-refractivity contribution < 1.29 is 14.1 Å². The summed E-state index contributed by atoms with van der Waals surface area (Å²) < 4.78 is 19.1. The molecule has 1 heterocycles. The van der Waals surface area contributed by atoms with E-state index in [0.29, 0.717) is 4.47 Å². The second-order valence-corrected chi connectivity index (χ2v) is 4.51. The first-order chi connectivity index (χ1) is 9.51. The topological polar surface area (TPSA) is 89.0 Å². The monoisotopic (exact) mass is 337 g/mol. The van der Waals surface area contributed by atoms with Crippen molar-refractivity contribution in [1.29, 1.82) is 5.26 Å². The van der Waals surface area contributed by atoms with Crippen LogP contribution in [0.3, 0.4) is 0 Å². The third kappa shape index (κ3) is 2.89. The van der Waals surface area contributed by atoms with Gasteiger partial charge in [0.1, 0.15) is 0 Å². The van der Waals surface area contributed by atoms with E-state index in [9.17, 15) is 14.5 Å². The summed E-state index contributed by atoms with van der Waals surface area (Å²) in [6, 6.07) is 6.50. The zero-order valence-electron chi connectivity index (χ0n) is 9.71. The number of nitriles is 1. The van der Waals surface area contributed by atoms with E-state index in [1.165, 1.54) is 18.3 Å². The molecule has 2 aromatic rings. The molecular weight excluding hydrogens is 333 g/mol. The van der Waals surface area contributed by atoms with Gasteiger partial charge in [0.25, 0.3) is 5.88 Å². The van der Waals surface area contributed by atoms with Gasteiger partial charge < -0.3 is 4.74 Å². The predicted molar refractivity (Wildman–Crippen MR) is 69.8 cm³/mol. The molecule has 0 spiro atoms. The summed E-state index contributed by atoms with van der Waals surface area (Å²) in [5.41, 5.74) is -0.332. The quantitative estimate of drug-likeness (QED) is 0.631. The van der Waals surface area contributed by atoms with Gasteiger partial charge in [0, 0.05) is 16.7 Å². The summed E-state index contributed by atoms with van der Waals surface area (Å²) in [6.07, 6.45) is 1.30. The number of benzene rings is 1. The molecule has 0 fully saturated rings. The number of nitro groups is 1. The number of aromatic nitrogens is 1. The van der Waals surface area contributed by atoms with Crippen LogP contribution in [0.4, 0.5) is 10.1 Å². The number of rotatable bonds is 3. The predicted octanol–water partition coefficient (Wildman–Crippen LogP) is 3.56. The Hall–Kier alpha value is -2.53. The van der Waals surface area contributed by atoms with Gasteiger partial charge in [-0.15, -0.1) is 0 Å². The molecule has 0 aliphatic heterocycles. The van der Waals surface area contributed by atoms with Crippen LogP contribution < -0.4 is 4.74 Å². The average Bonchev–Trinajstić information content (AvgIpc) is 2.42. The van der Waals surface area contributed by atoms with E-state index in [0.717, 1.165) is 12.1 Å². The van der Waals surface area contributed by atoms with Gasteiger partial charge in [0.15, 0.2) is 5.82 Å². The van der Waals surface area contributed by atoms with Gasteiger partial charge in [-0.2, -0.15) is 5.26 Å². The Kier molecular flexibility index (Phi) is 3.91. The molecule has 6 nitrogen and oxygen atoms in total. The Morgan fingerprint density at radius 1 is 1.45 bits per heavy atom. The highest BCUT2D eigenvalue weighted by atomic mass is 79.9. The number of hydrogen-bond donors (Lipinski definition) is 0. The average molecular weight is 338 g/mol. The maximum atomic E-state index is 13.6. The summed E-state index contributed by atoms with van der Waals surface area (Å²) in [5.74, 6) is -1.35. The van der Waals surface area contributed by atoms with E-state index >= 15 is 0 Å². The number of pyridine rings is 1. The maximum Gasteiger partial charge on any atom is 0.312 e. The van der Waals surface area contributed by atoms with E-state index in [-0.39, 0.29) is 17.2 Å². The standard InChI is InChI=1S/C12H5BrFN3O3/c13-8-4-9(14)12(16-6-8)20-11-2-1-7(5-15)3-10(11)17(18)19/h1-4,6H. The van der Waals surface area contributed by atoms with Crippen molar-refractivity contribution >= 4 is 21.6 Å². The molecule has 0 aliphatic rings. The van der Waals surface area contributed by atoms with Crippen LogP contribution in [0, 0.1) is 27.3 Å². The second-order valence-electron chi connectivity index (χ2n) is 3.59. The molecule has 8 heteroatoms. The first-order valence-electron chi connectivity index (χ1n) is 5.18. The van der Waals surface area contributed by atoms with E-state index in [2.05, 4.69) is 20.9 Å². The SMILES string of the molecule is N#Cc1ccc(Oc2ncc(Br)cc2F)c([N+](=O)[O-])c1. The zero-order chi connectivity index (χ0) is 14.7. The Labute approximate surface area is 120 Å². The molecule has 20 heavy (non-hydrogen) atoms. The summed E-state index contributed by atoms with van der Waals surface area (Å²) in [6.45, 7) is 0. The van der Waals surface area contributed by atoms with E-state index in [1.54, 1.807) is 6.07 Å². The Balaban J connectivity index is 2.43. The first kappa shape index (κ1) is 13.9. The van der Waals surface area contributed by atoms with Crippen molar-refractivity contribution in [3.05, 3.63) is 56.4 Å². The molecule has 0 radical (unpaired) electrons. The first-order valence-corrected chi connectivity index (χ1v) is 5.98. The highest BCUT2D eigenvalue weighted by Crippen LogP contribution is 2.32. The number of ether oxygens (including phenoxy) is 1. The lowest BCUT2D eigenvalue weighted by atomic mass is 10.2. The molecule has 0 atom stereocenters. The van der Waals surface area contributed by atoms with Crippen molar-refractivity contribution in [2.24, 2.45) is 0 Å². The van der Waals surface area contributed by atoms with Crippen molar-refractivity contribution in [3.63, 3.8) is 0 Å². The molecule has 1 aromatic carbocycles. The van der Waals surface area contributed by atoms with Crippen LogP contribution in [0.2, 0.25) is 0 Å². The number of nitrogens with zero attached hydrogens (tertiary/aromatic N) is 3. The summed E-state index contributed by atoms with van der Waals surface area (Å²) >= 11 is 3.04. The molecule has 0 aliphatic carbocycles. The van der Waals surface area contributed by atoms with Gasteiger partial charge in [-0.05, 0) is 34.1 Å². The minimum Gasteiger partial charge on any atom is -0.429 e. The lowest BCUT2D eigenvalue weighted by Gasteiger charge is -2.06. The van der Waals surface area contributed by atoms with Crippen LogP contribution in [-0.2, 0) is 0 Å². The van der Waals surface area contributed by atoms with Gasteiger partial charge in [0.05, 0.1) is 16.6 Å². The van der Waals surface area contributed by atoms with Crippen LogP contribution in [-0.4, -0.2) is 9.91 Å². The van der Waals surface area contributed by atoms with Crippen LogP contribution in [0.1, 0.15) is 5.56 Å². The summed E-state index contributed by atoms with van der Waals surface area (Å²) in [5, 5.41) is 19.6. The molecule has 0 N–H and O–H groups in total. The summed E-state index contributed by atoms with van der Waals surface area (Å²) in [4.78, 5) is 13.9. The largest absolute Gasteiger partial charge is 0.429 e. The third-order valence-electron chi connectivity index (χ3n) is 2.27. The highest BCUT2D eigenvalue weighted by Gasteiger charge is 2.19. The Morgan fingerprint density at radius 2 is 2.20 bits per heavy atom. The molecule has 0 saturated carbocycles. The molecule has 0 unspecified atom stereocenters. The van der Waals surface area contributed by atoms with E-state index < -0.39 is 16.4 Å². The normalized spacial score (nSPS) is 9.85. The number of hydrogen-bond acceptors (Lipinski definition) is 5. The van der Waals surface area contributed by atoms with Crippen LogP contribution >= 0.6 is 15.9 Å². The van der Waals surface area contributed by atoms with Crippen molar-refractivity contribution in [3.8, 4) is 17.7 Å². The minimum absolute atomic E-state index is 0.105. The number of nitro benzene ring substituents is 1.